The van der Waals surface area contributed by atoms with Crippen LogP contribution in [0.1, 0.15) is 21.9 Å². The lowest BCUT2D eigenvalue weighted by Gasteiger charge is -1.96. The van der Waals surface area contributed by atoms with Crippen molar-refractivity contribution in [1.82, 2.24) is 9.97 Å². The number of carbonyl (C=O) groups is 1. The van der Waals surface area contributed by atoms with Gasteiger partial charge in [0.2, 0.25) is 5.82 Å². The van der Waals surface area contributed by atoms with Crippen LogP contribution in [-0.4, -0.2) is 15.8 Å². The van der Waals surface area contributed by atoms with Gasteiger partial charge in [0, 0.05) is 17.8 Å². The predicted octanol–water partition coefficient (Wildman–Crippen LogP) is 2.90. The first kappa shape index (κ1) is 11.5. The summed E-state index contributed by atoms with van der Waals surface area (Å²) < 4.78 is 18.7. The van der Waals surface area contributed by atoms with E-state index >= 15 is 0 Å². The Hall–Kier alpha value is -2.56. The molecule has 3 rings (SSSR count). The fraction of sp³-hybridized carbons (Fsp3) is 0.0714. The molecule has 94 valence electrons. The highest BCUT2D eigenvalue weighted by Gasteiger charge is 2.18. The molecular weight excluding hydrogens is 247 g/mol. The molecule has 0 amide bonds. The average molecular weight is 256 g/mol. The molecule has 0 saturated carbocycles. The van der Waals surface area contributed by atoms with Gasteiger partial charge >= 0.3 is 0 Å². The molecule has 0 saturated heterocycles. The molecule has 2 heterocycles. The van der Waals surface area contributed by atoms with Crippen molar-refractivity contribution in [3.8, 4) is 0 Å². The number of aryl methyl sites for hydroxylation is 1. The van der Waals surface area contributed by atoms with Crippen LogP contribution in [0.15, 0.2) is 41.1 Å². The smallest absolute Gasteiger partial charge is 0.265 e. The molecule has 1 aromatic carbocycles. The molecule has 19 heavy (non-hydrogen) atoms. The van der Waals surface area contributed by atoms with Crippen LogP contribution in [0.25, 0.3) is 11.0 Å². The van der Waals surface area contributed by atoms with Gasteiger partial charge in [0.1, 0.15) is 0 Å². The molecule has 0 unspecified atom stereocenters. The van der Waals surface area contributed by atoms with E-state index in [-0.39, 0.29) is 17.2 Å². The highest BCUT2D eigenvalue weighted by molar-refractivity contribution is 6.06. The van der Waals surface area contributed by atoms with Crippen molar-refractivity contribution < 1.29 is 13.6 Å². The summed E-state index contributed by atoms with van der Waals surface area (Å²) >= 11 is 0. The summed E-state index contributed by atoms with van der Waals surface area (Å²) in [7, 11) is 0. The number of aromatic nitrogens is 2. The van der Waals surface area contributed by atoms with E-state index < -0.39 is 11.6 Å². The summed E-state index contributed by atoms with van der Waals surface area (Å²) in [5.74, 6) is -0.897. The van der Waals surface area contributed by atoms with Crippen LogP contribution in [0.5, 0.6) is 0 Å². The quantitative estimate of drug-likeness (QED) is 0.661. The van der Waals surface area contributed by atoms with E-state index in [4.69, 9.17) is 4.42 Å². The third kappa shape index (κ3) is 1.99. The van der Waals surface area contributed by atoms with Gasteiger partial charge in [-0.25, -0.2) is 14.4 Å². The van der Waals surface area contributed by atoms with E-state index in [0.717, 1.165) is 5.56 Å². The number of rotatable bonds is 2. The Kier molecular flexibility index (Phi) is 2.59. The second kappa shape index (κ2) is 4.28. The maximum Gasteiger partial charge on any atom is 0.265 e. The Labute approximate surface area is 107 Å². The minimum atomic E-state index is -0.499. The summed E-state index contributed by atoms with van der Waals surface area (Å²) in [6, 6.07) is 6.00. The number of hydrogen-bond acceptors (Lipinski definition) is 4. The lowest BCUT2D eigenvalue weighted by atomic mass is 10.2. The molecule has 3 aromatic rings. The number of halogens is 1. The molecule has 0 N–H and O–H groups in total. The lowest BCUT2D eigenvalue weighted by Crippen LogP contribution is -2.05. The van der Waals surface area contributed by atoms with Gasteiger partial charge < -0.3 is 4.42 Å². The van der Waals surface area contributed by atoms with E-state index in [1.54, 1.807) is 24.5 Å². The zero-order valence-corrected chi connectivity index (χ0v) is 10.1. The van der Waals surface area contributed by atoms with Gasteiger partial charge in [0.05, 0.1) is 0 Å². The van der Waals surface area contributed by atoms with E-state index in [0.29, 0.717) is 5.39 Å². The number of ketones is 1. The highest BCUT2D eigenvalue weighted by atomic mass is 19.1. The van der Waals surface area contributed by atoms with Crippen LogP contribution >= 0.6 is 0 Å². The lowest BCUT2D eigenvalue weighted by molar-refractivity contribution is 0.100. The van der Waals surface area contributed by atoms with E-state index in [2.05, 4.69) is 9.97 Å². The van der Waals surface area contributed by atoms with Crippen molar-refractivity contribution in [2.45, 2.75) is 6.92 Å². The van der Waals surface area contributed by atoms with Gasteiger partial charge in [0.15, 0.2) is 17.2 Å². The number of fused-ring (bicyclic) bond motifs is 1. The van der Waals surface area contributed by atoms with Gasteiger partial charge in [-0.3, -0.25) is 4.79 Å². The molecule has 0 bridgehead atoms. The SMILES string of the molecule is Cc1cnc(C(=O)c2cc3cccc(F)c3o2)nc1. The summed E-state index contributed by atoms with van der Waals surface area (Å²) in [6.07, 6.45) is 3.09. The van der Waals surface area contributed by atoms with Crippen molar-refractivity contribution in [3.63, 3.8) is 0 Å². The minimum absolute atomic E-state index is 0.0314. The Morgan fingerprint density at radius 1 is 1.26 bits per heavy atom. The van der Waals surface area contributed by atoms with Crippen molar-refractivity contribution in [1.29, 1.82) is 0 Å². The Balaban J connectivity index is 2.06. The van der Waals surface area contributed by atoms with Gasteiger partial charge in [-0.05, 0) is 24.6 Å². The zero-order valence-electron chi connectivity index (χ0n) is 10.1. The van der Waals surface area contributed by atoms with Gasteiger partial charge in [-0.1, -0.05) is 12.1 Å². The molecular formula is C14H9FN2O2. The average Bonchev–Trinajstić information content (AvgIpc) is 2.84. The highest BCUT2D eigenvalue weighted by Crippen LogP contribution is 2.23. The van der Waals surface area contributed by atoms with Crippen LogP contribution < -0.4 is 0 Å². The first-order chi connectivity index (χ1) is 9.15. The monoisotopic (exact) mass is 256 g/mol. The largest absolute Gasteiger partial charge is 0.449 e. The fourth-order valence-electron chi connectivity index (χ4n) is 1.76. The second-order valence-corrected chi connectivity index (χ2v) is 4.18. The number of furan rings is 1. The molecule has 0 radical (unpaired) electrons. The van der Waals surface area contributed by atoms with Crippen molar-refractivity contribution in [2.75, 3.05) is 0 Å². The third-order valence-electron chi connectivity index (χ3n) is 2.70. The number of para-hydroxylation sites is 1. The predicted molar refractivity (Wildman–Crippen MR) is 66.4 cm³/mol. The van der Waals surface area contributed by atoms with Crippen LogP contribution in [0.3, 0.4) is 0 Å². The van der Waals surface area contributed by atoms with E-state index in [1.165, 1.54) is 12.1 Å². The molecule has 0 aliphatic heterocycles. The maximum atomic E-state index is 13.5. The van der Waals surface area contributed by atoms with Gasteiger partial charge in [-0.2, -0.15) is 0 Å². The van der Waals surface area contributed by atoms with Crippen LogP contribution in [0.2, 0.25) is 0 Å². The number of carbonyl (C=O) groups excluding carboxylic acids is 1. The van der Waals surface area contributed by atoms with Crippen LogP contribution in [0.4, 0.5) is 4.39 Å². The second-order valence-electron chi connectivity index (χ2n) is 4.18. The van der Waals surface area contributed by atoms with E-state index in [9.17, 15) is 9.18 Å². The molecule has 0 spiro atoms. The first-order valence-electron chi connectivity index (χ1n) is 5.66. The molecule has 4 nitrogen and oxygen atoms in total. The van der Waals surface area contributed by atoms with Crippen molar-refractivity contribution in [2.24, 2.45) is 0 Å². The molecule has 0 aliphatic rings. The van der Waals surface area contributed by atoms with Crippen molar-refractivity contribution in [3.05, 3.63) is 59.6 Å². The Morgan fingerprint density at radius 3 is 2.68 bits per heavy atom. The minimum Gasteiger partial charge on any atom is -0.449 e. The van der Waals surface area contributed by atoms with E-state index in [1.807, 2.05) is 6.92 Å². The summed E-state index contributed by atoms with van der Waals surface area (Å²) in [5, 5.41) is 0.537. The Bertz CT molecular complexity index is 763. The van der Waals surface area contributed by atoms with Gasteiger partial charge in [0.25, 0.3) is 5.78 Å². The maximum absolute atomic E-state index is 13.5. The fourth-order valence-corrected chi connectivity index (χ4v) is 1.76. The topological polar surface area (TPSA) is 56.0 Å². The van der Waals surface area contributed by atoms with Gasteiger partial charge in [-0.15, -0.1) is 0 Å². The number of benzene rings is 1. The molecule has 0 fully saturated rings. The normalized spacial score (nSPS) is 10.8. The van der Waals surface area contributed by atoms with Crippen LogP contribution in [-0.2, 0) is 0 Å². The Morgan fingerprint density at radius 2 is 2.00 bits per heavy atom. The standard InChI is InChI=1S/C14H9FN2O2/c1-8-6-16-14(17-7-8)12(18)11-5-9-3-2-4-10(15)13(9)19-11/h2-7H,1H3. The van der Waals surface area contributed by atoms with Crippen LogP contribution in [0, 0.1) is 12.7 Å². The van der Waals surface area contributed by atoms with Crippen molar-refractivity contribution >= 4 is 16.8 Å². The number of hydrogen-bond donors (Lipinski definition) is 0. The number of nitrogens with zero attached hydrogens (tertiary/aromatic N) is 2. The molecule has 0 aliphatic carbocycles. The summed E-state index contributed by atoms with van der Waals surface area (Å²) in [6.45, 7) is 1.82. The first-order valence-corrected chi connectivity index (χ1v) is 5.66. The zero-order chi connectivity index (χ0) is 13.4. The third-order valence-corrected chi connectivity index (χ3v) is 2.70. The molecule has 0 atom stereocenters. The molecule has 5 heteroatoms. The summed E-state index contributed by atoms with van der Waals surface area (Å²) in [4.78, 5) is 20.0. The summed E-state index contributed by atoms with van der Waals surface area (Å²) in [5.41, 5.74) is 0.921. The molecule has 2 aromatic heterocycles.